The fourth-order valence-electron chi connectivity index (χ4n) is 0.315. The van der Waals surface area contributed by atoms with Crippen molar-refractivity contribution in [1.29, 1.82) is 0 Å². The van der Waals surface area contributed by atoms with E-state index in [0.29, 0.717) is 0 Å². The first-order valence-corrected chi connectivity index (χ1v) is 2.47. The van der Waals surface area contributed by atoms with Gasteiger partial charge in [-0.1, -0.05) is 0 Å². The molecule has 0 aromatic carbocycles. The third-order valence-corrected chi connectivity index (χ3v) is 0.756. The van der Waals surface area contributed by atoms with Crippen LogP contribution in [0.15, 0.2) is 0 Å². The molecule has 46 valence electrons. The summed E-state index contributed by atoms with van der Waals surface area (Å²) in [6.07, 6.45) is 0.524. The maximum absolute atomic E-state index is 10.4. The molecular formula is C6H10O2. The second kappa shape index (κ2) is 3.36. The largest absolute Gasteiger partial charge is 0.300 e. The first-order chi connectivity index (χ1) is 4.16. The molecule has 0 saturated heterocycles. The summed E-state index contributed by atoms with van der Waals surface area (Å²) in [4.78, 5) is 20.6. The third-order valence-electron chi connectivity index (χ3n) is 0.756. The van der Waals surface area contributed by atoms with Crippen molar-refractivity contribution in [3.05, 3.63) is 0 Å². The van der Waals surface area contributed by atoms with Crippen LogP contribution in [0.2, 0.25) is 0 Å². The maximum atomic E-state index is 10.4. The molecule has 0 atom stereocenters. The Hall–Kier alpha value is -0.660. The monoisotopic (exact) mass is 115 g/mol. The molecule has 0 unspecified atom stereocenters. The first-order valence-electron chi connectivity index (χ1n) is 3.18. The van der Waals surface area contributed by atoms with Crippen LogP contribution in [0.3, 0.4) is 0 Å². The van der Waals surface area contributed by atoms with Gasteiger partial charge in [-0.15, -0.1) is 0 Å². The molecule has 0 heterocycles. The minimum absolute atomic E-state index is 0.0109. The summed E-state index contributed by atoms with van der Waals surface area (Å²) in [6, 6.07) is 0. The van der Waals surface area contributed by atoms with E-state index in [-0.39, 0.29) is 31.3 Å². The van der Waals surface area contributed by atoms with Gasteiger partial charge in [-0.05, 0) is 13.8 Å². The number of carbonyl (C=O) groups is 2. The van der Waals surface area contributed by atoms with Crippen molar-refractivity contribution in [2.24, 2.45) is 0 Å². The Balaban J connectivity index is 3.28. The van der Waals surface area contributed by atoms with Crippen molar-refractivity contribution in [2.45, 2.75) is 26.7 Å². The van der Waals surface area contributed by atoms with E-state index in [1.54, 1.807) is 0 Å². The second-order valence-electron chi connectivity index (χ2n) is 1.74. The van der Waals surface area contributed by atoms with E-state index in [2.05, 4.69) is 0 Å². The van der Waals surface area contributed by atoms with Gasteiger partial charge in [0.25, 0.3) is 0 Å². The summed E-state index contributed by atoms with van der Waals surface area (Å²) in [7, 11) is 0. The molecule has 0 saturated carbocycles. The van der Waals surface area contributed by atoms with Gasteiger partial charge < -0.3 is 9.59 Å². The van der Waals surface area contributed by atoms with Crippen LogP contribution in [-0.4, -0.2) is 11.6 Å². The van der Waals surface area contributed by atoms with Crippen LogP contribution in [0, 0.1) is 0 Å². The zero-order valence-corrected chi connectivity index (χ0v) is 4.94. The Bertz CT molecular complexity index is 120. The number of hydrogen-bond donors (Lipinski definition) is 0. The van der Waals surface area contributed by atoms with Crippen LogP contribution in [0.1, 0.15) is 28.0 Å². The number of Topliss-reactive ketones (excluding diaryl/α,β-unsaturated/α-hetero) is 2. The number of carbonyl (C=O) groups excluding carboxylic acids is 2. The highest BCUT2D eigenvalue weighted by Gasteiger charge is 1.95. The predicted molar refractivity (Wildman–Crippen MR) is 30.6 cm³/mol. The van der Waals surface area contributed by atoms with Crippen molar-refractivity contribution in [2.75, 3.05) is 0 Å². The molecule has 0 aliphatic heterocycles. The fraction of sp³-hybridized carbons (Fsp3) is 0.667. The first kappa shape index (κ1) is 5.48. The Labute approximate surface area is 50.3 Å². The minimum atomic E-state index is -0.201. The Kier molecular flexibility index (Phi) is 2.30. The standard InChI is InChI=1S/C6H10O2/c1-5(7)3-4-6(2)8/h3-4H2,1-2H3/i1D. The van der Waals surface area contributed by atoms with Crippen molar-refractivity contribution in [3.63, 3.8) is 0 Å². The van der Waals surface area contributed by atoms with Gasteiger partial charge in [0.2, 0.25) is 0 Å². The number of ketones is 2. The summed E-state index contributed by atoms with van der Waals surface area (Å²) < 4.78 is 6.59. The normalized spacial score (nSPS) is 10.4. The molecule has 0 N–H and O–H groups in total. The molecule has 0 aliphatic carbocycles. The van der Waals surface area contributed by atoms with Crippen molar-refractivity contribution in [1.82, 2.24) is 0 Å². The van der Waals surface area contributed by atoms with Crippen molar-refractivity contribution < 1.29 is 11.0 Å². The summed E-state index contributed by atoms with van der Waals surface area (Å²) in [6.45, 7) is 1.24. The molecular weight excluding hydrogens is 104 g/mol. The third kappa shape index (κ3) is 5.34. The van der Waals surface area contributed by atoms with Crippen molar-refractivity contribution >= 4 is 11.6 Å². The van der Waals surface area contributed by atoms with Gasteiger partial charge in [-0.25, -0.2) is 0 Å². The Morgan fingerprint density at radius 1 is 1.38 bits per heavy atom. The lowest BCUT2D eigenvalue weighted by molar-refractivity contribution is -0.122. The van der Waals surface area contributed by atoms with E-state index < -0.39 is 0 Å². The van der Waals surface area contributed by atoms with Gasteiger partial charge in [-0.2, -0.15) is 0 Å². The highest BCUT2D eigenvalue weighted by atomic mass is 16.1. The number of hydrogen-bond acceptors (Lipinski definition) is 2. The molecule has 2 heteroatoms. The van der Waals surface area contributed by atoms with E-state index in [4.69, 9.17) is 1.37 Å². The van der Waals surface area contributed by atoms with Gasteiger partial charge in [0, 0.05) is 14.2 Å². The molecule has 0 aromatic rings. The SMILES string of the molecule is [2H]CC(=O)CCC(C)=O. The summed E-state index contributed by atoms with van der Waals surface area (Å²) >= 11 is 0. The quantitative estimate of drug-likeness (QED) is 0.548. The minimum Gasteiger partial charge on any atom is -0.300 e. The summed E-state index contributed by atoms with van der Waals surface area (Å²) in [5.74, 6) is -0.151. The average molecular weight is 115 g/mol. The van der Waals surface area contributed by atoms with Gasteiger partial charge in [0.1, 0.15) is 11.6 Å². The zero-order valence-electron chi connectivity index (χ0n) is 5.94. The maximum Gasteiger partial charge on any atom is 0.130 e. The fourth-order valence-corrected chi connectivity index (χ4v) is 0.315. The highest BCUT2D eigenvalue weighted by molar-refractivity contribution is 5.83. The smallest absolute Gasteiger partial charge is 0.130 e. The summed E-state index contributed by atoms with van der Waals surface area (Å²) in [5.41, 5.74) is 0. The van der Waals surface area contributed by atoms with E-state index >= 15 is 0 Å². The van der Waals surface area contributed by atoms with E-state index in [9.17, 15) is 9.59 Å². The Morgan fingerprint density at radius 3 is 2.25 bits per heavy atom. The topological polar surface area (TPSA) is 34.1 Å². The van der Waals surface area contributed by atoms with Gasteiger partial charge in [0.15, 0.2) is 0 Å². The van der Waals surface area contributed by atoms with Crippen molar-refractivity contribution in [3.8, 4) is 0 Å². The lowest BCUT2D eigenvalue weighted by Gasteiger charge is -1.86. The van der Waals surface area contributed by atoms with Gasteiger partial charge in [-0.3, -0.25) is 0 Å². The van der Waals surface area contributed by atoms with Crippen LogP contribution in [0.4, 0.5) is 0 Å². The van der Waals surface area contributed by atoms with Crippen LogP contribution in [-0.2, 0) is 9.59 Å². The predicted octanol–water partition coefficient (Wildman–Crippen LogP) is 0.945. The molecule has 0 aliphatic rings. The van der Waals surface area contributed by atoms with Gasteiger partial charge >= 0.3 is 0 Å². The molecule has 0 radical (unpaired) electrons. The van der Waals surface area contributed by atoms with Crippen LogP contribution >= 0.6 is 0 Å². The average Bonchev–Trinajstić information content (AvgIpc) is 1.83. The summed E-state index contributed by atoms with van der Waals surface area (Å²) in [5, 5.41) is 0. The van der Waals surface area contributed by atoms with E-state index in [0.717, 1.165) is 0 Å². The molecule has 0 bridgehead atoms. The second-order valence-corrected chi connectivity index (χ2v) is 1.74. The molecule has 2 nitrogen and oxygen atoms in total. The molecule has 8 heavy (non-hydrogen) atoms. The van der Waals surface area contributed by atoms with E-state index in [1.807, 2.05) is 0 Å². The number of rotatable bonds is 3. The molecule has 0 spiro atoms. The van der Waals surface area contributed by atoms with Crippen LogP contribution < -0.4 is 0 Å². The molecule has 0 fully saturated rings. The molecule has 0 amide bonds. The lowest BCUT2D eigenvalue weighted by atomic mass is 10.2. The zero-order chi connectivity index (χ0) is 7.28. The lowest BCUT2D eigenvalue weighted by Crippen LogP contribution is -1.95. The van der Waals surface area contributed by atoms with Crippen LogP contribution in [0.25, 0.3) is 0 Å². The Morgan fingerprint density at radius 2 is 1.88 bits per heavy atom. The molecule has 0 aromatic heterocycles. The molecule has 0 rings (SSSR count). The van der Waals surface area contributed by atoms with Crippen LogP contribution in [0.5, 0.6) is 0 Å². The highest BCUT2D eigenvalue weighted by Crippen LogP contribution is 1.89. The van der Waals surface area contributed by atoms with Gasteiger partial charge in [0.05, 0.1) is 0 Å². The van der Waals surface area contributed by atoms with E-state index in [1.165, 1.54) is 6.92 Å².